The van der Waals surface area contributed by atoms with Gasteiger partial charge in [0.15, 0.2) is 0 Å². The van der Waals surface area contributed by atoms with E-state index in [1.54, 1.807) is 23.9 Å². The summed E-state index contributed by atoms with van der Waals surface area (Å²) in [7, 11) is 0. The average Bonchev–Trinajstić information content (AvgIpc) is 2.42. The van der Waals surface area contributed by atoms with Gasteiger partial charge in [0.1, 0.15) is 0 Å². The molecule has 0 radical (unpaired) electrons. The molecule has 6 heteroatoms. The van der Waals surface area contributed by atoms with Gasteiger partial charge >= 0.3 is 5.97 Å². The van der Waals surface area contributed by atoms with Gasteiger partial charge in [-0.1, -0.05) is 18.0 Å². The van der Waals surface area contributed by atoms with Crippen molar-refractivity contribution >= 4 is 35.2 Å². The summed E-state index contributed by atoms with van der Waals surface area (Å²) in [5, 5.41) is 11.7. The molecule has 2 N–H and O–H groups in total. The van der Waals surface area contributed by atoms with Crippen molar-refractivity contribution in [2.45, 2.75) is 30.6 Å². The molecule has 1 aromatic rings. The summed E-state index contributed by atoms with van der Waals surface area (Å²) in [5.41, 5.74) is 0.476. The summed E-state index contributed by atoms with van der Waals surface area (Å²) in [5.74, 6) is -0.973. The van der Waals surface area contributed by atoms with E-state index in [9.17, 15) is 9.59 Å². The highest BCUT2D eigenvalue weighted by Gasteiger charge is 2.10. The number of amides is 1. The van der Waals surface area contributed by atoms with Crippen LogP contribution in [0.1, 0.15) is 36.0 Å². The van der Waals surface area contributed by atoms with Crippen molar-refractivity contribution in [2.24, 2.45) is 0 Å². The fraction of sp³-hybridized carbons (Fsp3) is 0.429. The fourth-order valence-corrected chi connectivity index (χ4v) is 2.32. The number of carbonyl (C=O) groups excluding carboxylic acids is 1. The highest BCUT2D eigenvalue weighted by molar-refractivity contribution is 7.98. The molecule has 1 amide bonds. The van der Waals surface area contributed by atoms with Crippen LogP contribution in [0.2, 0.25) is 5.02 Å². The lowest BCUT2D eigenvalue weighted by molar-refractivity contribution is -0.137. The summed E-state index contributed by atoms with van der Waals surface area (Å²) in [6.45, 7) is 0.526. The molecule has 0 saturated carbocycles. The first-order valence-electron chi connectivity index (χ1n) is 6.38. The van der Waals surface area contributed by atoms with Crippen LogP contribution in [0, 0.1) is 0 Å². The first-order chi connectivity index (χ1) is 9.54. The van der Waals surface area contributed by atoms with Crippen molar-refractivity contribution in [3.05, 3.63) is 28.8 Å². The highest BCUT2D eigenvalue weighted by Crippen LogP contribution is 2.22. The minimum atomic E-state index is -0.783. The number of aliphatic carboxylic acids is 1. The third kappa shape index (κ3) is 5.84. The number of carbonyl (C=O) groups is 2. The molecular formula is C14H18ClNO3S. The maximum Gasteiger partial charge on any atom is 0.303 e. The Morgan fingerprint density at radius 1 is 1.30 bits per heavy atom. The minimum absolute atomic E-state index is 0.176. The van der Waals surface area contributed by atoms with Crippen LogP contribution in [0.25, 0.3) is 0 Å². The van der Waals surface area contributed by atoms with Crippen molar-refractivity contribution in [2.75, 3.05) is 12.8 Å². The molecule has 0 saturated heterocycles. The molecule has 0 atom stereocenters. The maximum atomic E-state index is 12.0. The molecule has 0 heterocycles. The Morgan fingerprint density at radius 3 is 2.70 bits per heavy atom. The molecule has 1 rings (SSSR count). The molecule has 4 nitrogen and oxygen atoms in total. The first kappa shape index (κ1) is 16.9. The molecule has 0 aliphatic carbocycles. The summed E-state index contributed by atoms with van der Waals surface area (Å²) >= 11 is 7.56. The van der Waals surface area contributed by atoms with Crippen LogP contribution in [0.5, 0.6) is 0 Å². The smallest absolute Gasteiger partial charge is 0.303 e. The lowest BCUT2D eigenvalue weighted by Crippen LogP contribution is -2.24. The van der Waals surface area contributed by atoms with E-state index >= 15 is 0 Å². The van der Waals surface area contributed by atoms with E-state index in [0.717, 1.165) is 17.7 Å². The number of carboxylic acid groups (broad SMARTS) is 1. The number of benzene rings is 1. The zero-order valence-corrected chi connectivity index (χ0v) is 12.9. The van der Waals surface area contributed by atoms with Crippen LogP contribution < -0.4 is 5.32 Å². The van der Waals surface area contributed by atoms with Crippen LogP contribution in [-0.2, 0) is 4.79 Å². The Kier molecular flexibility index (Phi) is 7.47. The fourth-order valence-electron chi connectivity index (χ4n) is 1.68. The quantitative estimate of drug-likeness (QED) is 0.569. The molecule has 0 aliphatic rings. The van der Waals surface area contributed by atoms with Crippen LogP contribution in [-0.4, -0.2) is 29.8 Å². The van der Waals surface area contributed by atoms with E-state index in [-0.39, 0.29) is 12.3 Å². The molecular weight excluding hydrogens is 298 g/mol. The van der Waals surface area contributed by atoms with E-state index < -0.39 is 5.97 Å². The number of halogens is 1. The second-order valence-corrected chi connectivity index (χ2v) is 5.59. The summed E-state index contributed by atoms with van der Waals surface area (Å²) < 4.78 is 0. The Morgan fingerprint density at radius 2 is 2.05 bits per heavy atom. The van der Waals surface area contributed by atoms with Gasteiger partial charge in [0.05, 0.1) is 10.6 Å². The SMILES string of the molecule is CSc1ccc(Cl)c(C(=O)NCCCCCC(=O)O)c1. The van der Waals surface area contributed by atoms with Gasteiger partial charge in [-0.15, -0.1) is 11.8 Å². The lowest BCUT2D eigenvalue weighted by atomic mass is 10.2. The van der Waals surface area contributed by atoms with Gasteiger partial charge in [0, 0.05) is 17.9 Å². The zero-order chi connectivity index (χ0) is 15.0. The molecule has 0 unspecified atom stereocenters. The number of hydrogen-bond acceptors (Lipinski definition) is 3. The standard InChI is InChI=1S/C14H18ClNO3S/c1-20-10-6-7-12(15)11(9-10)14(19)16-8-4-2-3-5-13(17)18/h6-7,9H,2-5,8H2,1H3,(H,16,19)(H,17,18). The molecule has 0 spiro atoms. The van der Waals surface area contributed by atoms with Crippen molar-refractivity contribution in [1.29, 1.82) is 0 Å². The molecule has 20 heavy (non-hydrogen) atoms. The molecule has 110 valence electrons. The van der Waals surface area contributed by atoms with Crippen molar-refractivity contribution < 1.29 is 14.7 Å². The number of unbranched alkanes of at least 4 members (excludes halogenated alkanes) is 2. The third-order valence-electron chi connectivity index (χ3n) is 2.77. The summed E-state index contributed by atoms with van der Waals surface area (Å²) in [4.78, 5) is 23.3. The topological polar surface area (TPSA) is 66.4 Å². The second-order valence-electron chi connectivity index (χ2n) is 4.31. The number of thioether (sulfide) groups is 1. The Labute approximate surface area is 127 Å². The Hall–Kier alpha value is -1.20. The maximum absolute atomic E-state index is 12.0. The van der Waals surface area contributed by atoms with Gasteiger partial charge in [-0.05, 0) is 37.3 Å². The van der Waals surface area contributed by atoms with Gasteiger partial charge in [0.25, 0.3) is 5.91 Å². The van der Waals surface area contributed by atoms with Crippen molar-refractivity contribution in [1.82, 2.24) is 5.32 Å². The third-order valence-corrected chi connectivity index (χ3v) is 3.83. The molecule has 1 aromatic carbocycles. The average molecular weight is 316 g/mol. The highest BCUT2D eigenvalue weighted by atomic mass is 35.5. The van der Waals surface area contributed by atoms with E-state index in [4.69, 9.17) is 16.7 Å². The number of carboxylic acids is 1. The van der Waals surface area contributed by atoms with E-state index in [0.29, 0.717) is 23.6 Å². The molecule has 0 aliphatic heterocycles. The van der Waals surface area contributed by atoms with Gasteiger partial charge in [-0.25, -0.2) is 0 Å². The number of nitrogens with one attached hydrogen (secondary N) is 1. The Balaban J connectivity index is 2.37. The van der Waals surface area contributed by atoms with Crippen molar-refractivity contribution in [3.63, 3.8) is 0 Å². The van der Waals surface area contributed by atoms with Gasteiger partial charge in [-0.3, -0.25) is 9.59 Å². The van der Waals surface area contributed by atoms with Crippen LogP contribution in [0.4, 0.5) is 0 Å². The van der Waals surface area contributed by atoms with E-state index in [1.807, 2.05) is 12.3 Å². The summed E-state index contributed by atoms with van der Waals surface area (Å²) in [6, 6.07) is 5.36. The van der Waals surface area contributed by atoms with Crippen LogP contribution in [0.3, 0.4) is 0 Å². The predicted molar refractivity (Wildman–Crippen MR) is 81.7 cm³/mol. The lowest BCUT2D eigenvalue weighted by Gasteiger charge is -2.08. The second kappa shape index (κ2) is 8.87. The van der Waals surface area contributed by atoms with Crippen molar-refractivity contribution in [3.8, 4) is 0 Å². The van der Waals surface area contributed by atoms with Gasteiger partial charge < -0.3 is 10.4 Å². The monoisotopic (exact) mass is 315 g/mol. The zero-order valence-electron chi connectivity index (χ0n) is 11.3. The van der Waals surface area contributed by atoms with E-state index in [1.165, 1.54) is 0 Å². The number of hydrogen-bond donors (Lipinski definition) is 2. The minimum Gasteiger partial charge on any atom is -0.481 e. The predicted octanol–water partition coefficient (Wildman–Crippen LogP) is 3.44. The summed E-state index contributed by atoms with van der Waals surface area (Å²) in [6.07, 6.45) is 4.29. The molecule has 0 fully saturated rings. The van der Waals surface area contributed by atoms with Gasteiger partial charge in [-0.2, -0.15) is 0 Å². The normalized spacial score (nSPS) is 10.3. The Bertz CT molecular complexity index is 479. The van der Waals surface area contributed by atoms with Gasteiger partial charge in [0.2, 0.25) is 0 Å². The van der Waals surface area contributed by atoms with E-state index in [2.05, 4.69) is 5.32 Å². The molecule has 0 aromatic heterocycles. The number of rotatable bonds is 8. The van der Waals surface area contributed by atoms with Crippen LogP contribution in [0.15, 0.2) is 23.1 Å². The largest absolute Gasteiger partial charge is 0.481 e. The van der Waals surface area contributed by atoms with Crippen LogP contribution >= 0.6 is 23.4 Å². The molecule has 0 bridgehead atoms. The first-order valence-corrected chi connectivity index (χ1v) is 7.98.